The van der Waals surface area contributed by atoms with E-state index in [4.69, 9.17) is 0 Å². The van der Waals surface area contributed by atoms with Crippen molar-refractivity contribution < 1.29 is 13.6 Å². The average Bonchev–Trinajstić information content (AvgIpc) is 3.06. The maximum absolute atomic E-state index is 13.7. The number of hydrogen-bond acceptors (Lipinski definition) is 3. The third kappa shape index (κ3) is 4.83. The number of nitrogens with zero attached hydrogens (tertiary/aromatic N) is 3. The number of hydrogen-bond donors (Lipinski definition) is 1. The molecule has 0 saturated carbocycles. The van der Waals surface area contributed by atoms with Gasteiger partial charge in [0.1, 0.15) is 23.1 Å². The van der Waals surface area contributed by atoms with Gasteiger partial charge in [-0.2, -0.15) is 0 Å². The fourth-order valence-corrected chi connectivity index (χ4v) is 3.34. The quantitative estimate of drug-likeness (QED) is 0.467. The zero-order valence-electron chi connectivity index (χ0n) is 17.0. The van der Waals surface area contributed by atoms with Gasteiger partial charge in [0.25, 0.3) is 5.91 Å². The molecule has 160 valence electrons. The van der Waals surface area contributed by atoms with Crippen LogP contribution in [0.15, 0.2) is 66.9 Å². The van der Waals surface area contributed by atoms with Crippen molar-refractivity contribution >= 4 is 40.7 Å². The molecule has 2 aromatic heterocycles. The average molecular weight is 443 g/mol. The van der Waals surface area contributed by atoms with Gasteiger partial charge in [-0.15, -0.1) is 12.4 Å². The van der Waals surface area contributed by atoms with Crippen LogP contribution in [-0.4, -0.2) is 29.6 Å². The number of pyridine rings is 1. The van der Waals surface area contributed by atoms with Crippen molar-refractivity contribution in [3.8, 4) is 0 Å². The predicted molar refractivity (Wildman–Crippen MR) is 121 cm³/mol. The molecule has 8 heteroatoms. The van der Waals surface area contributed by atoms with Crippen LogP contribution in [0.25, 0.3) is 10.9 Å². The van der Waals surface area contributed by atoms with Gasteiger partial charge in [0.05, 0.1) is 11.9 Å². The first kappa shape index (κ1) is 22.2. The summed E-state index contributed by atoms with van der Waals surface area (Å²) in [5.74, 6) is -0.333. The van der Waals surface area contributed by atoms with Crippen LogP contribution in [0.2, 0.25) is 0 Å². The van der Waals surface area contributed by atoms with Crippen LogP contribution in [0, 0.1) is 11.6 Å². The lowest BCUT2D eigenvalue weighted by Gasteiger charge is -2.13. The highest BCUT2D eigenvalue weighted by Gasteiger charge is 2.17. The second-order valence-electron chi connectivity index (χ2n) is 7.20. The standard InChI is InChI=1S/C23H20F2N4O.ClH/c1-28(2)22-9-7-19(13-26-22)27-23(30)21-12-16-11-18(25)6-8-20(16)29(21)14-15-4-3-5-17(24)10-15;/h3-13H,14H2,1-2H3,(H,27,30);1H. The summed E-state index contributed by atoms with van der Waals surface area (Å²) in [6.45, 7) is 0.271. The molecule has 4 aromatic rings. The number of halogens is 3. The van der Waals surface area contributed by atoms with Gasteiger partial charge < -0.3 is 14.8 Å². The topological polar surface area (TPSA) is 50.2 Å². The minimum absolute atomic E-state index is 0. The summed E-state index contributed by atoms with van der Waals surface area (Å²) in [6, 6.07) is 15.7. The van der Waals surface area contributed by atoms with Crippen LogP contribution in [0.1, 0.15) is 16.1 Å². The highest BCUT2D eigenvalue weighted by Crippen LogP contribution is 2.24. The molecular weight excluding hydrogens is 422 g/mol. The molecule has 0 spiro atoms. The Hall–Kier alpha value is -3.45. The van der Waals surface area contributed by atoms with Crippen molar-refractivity contribution in [3.05, 3.63) is 89.8 Å². The van der Waals surface area contributed by atoms with E-state index in [-0.39, 0.29) is 36.5 Å². The number of fused-ring (bicyclic) bond motifs is 1. The highest BCUT2D eigenvalue weighted by atomic mass is 35.5. The molecule has 0 atom stereocenters. The Morgan fingerprint density at radius 3 is 2.48 bits per heavy atom. The first-order valence-electron chi connectivity index (χ1n) is 9.39. The number of rotatable bonds is 5. The Morgan fingerprint density at radius 1 is 1.03 bits per heavy atom. The van der Waals surface area contributed by atoms with E-state index in [1.54, 1.807) is 47.2 Å². The number of benzene rings is 2. The summed E-state index contributed by atoms with van der Waals surface area (Å²) in [5, 5.41) is 3.42. The van der Waals surface area contributed by atoms with E-state index in [1.165, 1.54) is 24.3 Å². The van der Waals surface area contributed by atoms with Crippen molar-refractivity contribution in [3.63, 3.8) is 0 Å². The van der Waals surface area contributed by atoms with E-state index in [0.717, 1.165) is 5.82 Å². The highest BCUT2D eigenvalue weighted by molar-refractivity contribution is 6.06. The molecule has 2 heterocycles. The van der Waals surface area contributed by atoms with Crippen LogP contribution >= 0.6 is 12.4 Å². The molecule has 0 radical (unpaired) electrons. The molecule has 4 rings (SSSR count). The summed E-state index contributed by atoms with van der Waals surface area (Å²) < 4.78 is 29.1. The van der Waals surface area contributed by atoms with Crippen molar-refractivity contribution in [1.29, 1.82) is 0 Å². The minimum Gasteiger partial charge on any atom is -0.363 e. The van der Waals surface area contributed by atoms with E-state index in [1.807, 2.05) is 19.0 Å². The third-order valence-electron chi connectivity index (χ3n) is 4.79. The van der Waals surface area contributed by atoms with Gasteiger partial charge >= 0.3 is 0 Å². The van der Waals surface area contributed by atoms with E-state index >= 15 is 0 Å². The Balaban J connectivity index is 0.00000272. The molecule has 5 nitrogen and oxygen atoms in total. The number of aromatic nitrogens is 2. The molecule has 1 amide bonds. The Bertz CT molecular complexity index is 1220. The number of anilines is 2. The third-order valence-corrected chi connectivity index (χ3v) is 4.79. The lowest BCUT2D eigenvalue weighted by molar-refractivity contribution is 0.101. The summed E-state index contributed by atoms with van der Waals surface area (Å²) >= 11 is 0. The molecule has 0 aliphatic heterocycles. The Labute approximate surface area is 184 Å². The lowest BCUT2D eigenvalue weighted by Crippen LogP contribution is -2.18. The maximum Gasteiger partial charge on any atom is 0.272 e. The first-order chi connectivity index (χ1) is 14.4. The van der Waals surface area contributed by atoms with Crippen molar-refractivity contribution in [2.24, 2.45) is 0 Å². The smallest absolute Gasteiger partial charge is 0.272 e. The van der Waals surface area contributed by atoms with Crippen LogP contribution in [0.4, 0.5) is 20.3 Å². The van der Waals surface area contributed by atoms with Gasteiger partial charge in [-0.05, 0) is 54.1 Å². The molecule has 31 heavy (non-hydrogen) atoms. The Morgan fingerprint density at radius 2 is 1.81 bits per heavy atom. The second-order valence-corrected chi connectivity index (χ2v) is 7.20. The van der Waals surface area contributed by atoms with Gasteiger partial charge in [-0.25, -0.2) is 13.8 Å². The molecule has 0 fully saturated rings. The fourth-order valence-electron chi connectivity index (χ4n) is 3.34. The number of carbonyl (C=O) groups is 1. The molecular formula is C23H21ClF2N4O. The normalized spacial score (nSPS) is 10.6. The van der Waals surface area contributed by atoms with Gasteiger partial charge in [0.15, 0.2) is 0 Å². The van der Waals surface area contributed by atoms with Crippen LogP contribution in [0.5, 0.6) is 0 Å². The molecule has 2 aromatic carbocycles. The van der Waals surface area contributed by atoms with Crippen LogP contribution in [0.3, 0.4) is 0 Å². The van der Waals surface area contributed by atoms with Crippen LogP contribution < -0.4 is 10.2 Å². The fraction of sp³-hybridized carbons (Fsp3) is 0.130. The van der Waals surface area contributed by atoms with E-state index in [2.05, 4.69) is 10.3 Å². The number of nitrogens with one attached hydrogen (secondary N) is 1. The molecule has 0 saturated heterocycles. The number of amides is 1. The first-order valence-corrected chi connectivity index (χ1v) is 9.39. The Kier molecular flexibility index (Phi) is 6.56. The van der Waals surface area contributed by atoms with Gasteiger partial charge in [-0.3, -0.25) is 4.79 Å². The zero-order valence-corrected chi connectivity index (χ0v) is 17.8. The molecule has 0 unspecified atom stereocenters. The van der Waals surface area contributed by atoms with Gasteiger partial charge in [0, 0.05) is 31.5 Å². The second kappa shape index (κ2) is 9.14. The predicted octanol–water partition coefficient (Wildman–Crippen LogP) is 5.10. The van der Waals surface area contributed by atoms with Crippen LogP contribution in [-0.2, 0) is 6.54 Å². The maximum atomic E-state index is 13.7. The summed E-state index contributed by atoms with van der Waals surface area (Å²) in [6.07, 6.45) is 1.58. The largest absolute Gasteiger partial charge is 0.363 e. The van der Waals surface area contributed by atoms with E-state index < -0.39 is 0 Å². The van der Waals surface area contributed by atoms with E-state index in [9.17, 15) is 13.6 Å². The van der Waals surface area contributed by atoms with Gasteiger partial charge in [-0.1, -0.05) is 12.1 Å². The molecule has 0 aliphatic rings. The SMILES string of the molecule is CN(C)c1ccc(NC(=O)c2cc3cc(F)ccc3n2Cc2cccc(F)c2)cn1.Cl. The molecule has 0 aliphatic carbocycles. The molecule has 0 bridgehead atoms. The summed E-state index contributed by atoms with van der Waals surface area (Å²) in [7, 11) is 3.76. The van der Waals surface area contributed by atoms with E-state index in [0.29, 0.717) is 27.8 Å². The minimum atomic E-state index is -0.388. The molecule has 1 N–H and O–H groups in total. The zero-order chi connectivity index (χ0) is 21.3. The number of carbonyl (C=O) groups excluding carboxylic acids is 1. The van der Waals surface area contributed by atoms with Crippen molar-refractivity contribution in [2.45, 2.75) is 6.54 Å². The summed E-state index contributed by atoms with van der Waals surface area (Å²) in [5.41, 5.74) is 2.27. The van der Waals surface area contributed by atoms with Gasteiger partial charge in [0.2, 0.25) is 0 Å². The van der Waals surface area contributed by atoms with Crippen molar-refractivity contribution in [1.82, 2.24) is 9.55 Å². The monoisotopic (exact) mass is 442 g/mol. The van der Waals surface area contributed by atoms with Crippen molar-refractivity contribution in [2.75, 3.05) is 24.3 Å². The lowest BCUT2D eigenvalue weighted by atomic mass is 10.2. The summed E-state index contributed by atoms with van der Waals surface area (Å²) in [4.78, 5) is 19.2.